The predicted molar refractivity (Wildman–Crippen MR) is 97.1 cm³/mol. The highest BCUT2D eigenvalue weighted by molar-refractivity contribution is 5.77. The maximum atomic E-state index is 11.9. The number of rotatable bonds is 7. The third-order valence-corrected chi connectivity index (χ3v) is 3.86. The minimum Gasteiger partial charge on any atom is -0.484 e. The number of carbonyl (C=O) groups excluding carboxylic acids is 1. The molecule has 0 aliphatic rings. The summed E-state index contributed by atoms with van der Waals surface area (Å²) in [5.74, 6) is 0.604. The zero-order valence-electron chi connectivity index (χ0n) is 14.9. The quantitative estimate of drug-likeness (QED) is 0.850. The second kappa shape index (κ2) is 8.50. The Labute approximate surface area is 144 Å². The number of benzene rings is 2. The smallest absolute Gasteiger partial charge is 0.258 e. The van der Waals surface area contributed by atoms with E-state index in [9.17, 15) is 4.79 Å². The van der Waals surface area contributed by atoms with Crippen molar-refractivity contribution >= 4 is 5.91 Å². The van der Waals surface area contributed by atoms with E-state index in [1.807, 2.05) is 51.4 Å². The molecule has 0 unspecified atom stereocenters. The summed E-state index contributed by atoms with van der Waals surface area (Å²) in [6.45, 7) is 5.53. The van der Waals surface area contributed by atoms with Gasteiger partial charge in [-0.25, -0.2) is 0 Å². The third-order valence-electron chi connectivity index (χ3n) is 3.86. The number of nitrogens with one attached hydrogen (secondary N) is 1. The van der Waals surface area contributed by atoms with Crippen LogP contribution in [0, 0.1) is 13.8 Å². The van der Waals surface area contributed by atoms with E-state index in [0.29, 0.717) is 6.54 Å². The van der Waals surface area contributed by atoms with Crippen molar-refractivity contribution in [1.82, 2.24) is 10.2 Å². The van der Waals surface area contributed by atoms with E-state index in [1.54, 1.807) is 0 Å². The lowest BCUT2D eigenvalue weighted by atomic mass is 10.1. The van der Waals surface area contributed by atoms with Crippen molar-refractivity contribution in [3.05, 3.63) is 64.7 Å². The van der Waals surface area contributed by atoms with Gasteiger partial charge in [-0.05, 0) is 62.3 Å². The zero-order valence-corrected chi connectivity index (χ0v) is 14.9. The molecule has 0 spiro atoms. The first-order chi connectivity index (χ1) is 11.4. The lowest BCUT2D eigenvalue weighted by Gasteiger charge is -2.11. The van der Waals surface area contributed by atoms with Crippen LogP contribution in [0.2, 0.25) is 0 Å². The zero-order chi connectivity index (χ0) is 17.5. The highest BCUT2D eigenvalue weighted by Gasteiger charge is 2.04. The molecule has 0 aliphatic carbocycles. The van der Waals surface area contributed by atoms with Gasteiger partial charge in [-0.3, -0.25) is 4.79 Å². The highest BCUT2D eigenvalue weighted by Crippen LogP contribution is 2.16. The fourth-order valence-corrected chi connectivity index (χ4v) is 2.33. The lowest BCUT2D eigenvalue weighted by Crippen LogP contribution is -2.28. The molecule has 0 bridgehead atoms. The first-order valence-corrected chi connectivity index (χ1v) is 8.13. The van der Waals surface area contributed by atoms with Crippen LogP contribution in [0.5, 0.6) is 5.75 Å². The number of nitrogens with zero attached hydrogens (tertiary/aromatic N) is 1. The van der Waals surface area contributed by atoms with Gasteiger partial charge in [0.25, 0.3) is 5.91 Å². The van der Waals surface area contributed by atoms with Gasteiger partial charge in [0, 0.05) is 13.1 Å². The molecule has 1 N–H and O–H groups in total. The van der Waals surface area contributed by atoms with E-state index in [1.165, 1.54) is 11.1 Å². The predicted octanol–water partition coefficient (Wildman–Crippen LogP) is 3.06. The Morgan fingerprint density at radius 1 is 1.00 bits per heavy atom. The van der Waals surface area contributed by atoms with E-state index in [2.05, 4.69) is 29.3 Å². The first-order valence-electron chi connectivity index (χ1n) is 8.13. The average Bonchev–Trinajstić information content (AvgIpc) is 2.55. The van der Waals surface area contributed by atoms with Crippen LogP contribution in [0.25, 0.3) is 0 Å². The van der Waals surface area contributed by atoms with Gasteiger partial charge in [0.05, 0.1) is 0 Å². The van der Waals surface area contributed by atoms with Gasteiger partial charge < -0.3 is 15.0 Å². The summed E-state index contributed by atoms with van der Waals surface area (Å²) in [5.41, 5.74) is 4.71. The van der Waals surface area contributed by atoms with E-state index in [4.69, 9.17) is 4.74 Å². The van der Waals surface area contributed by atoms with E-state index >= 15 is 0 Å². The standard InChI is InChI=1S/C20H26N2O2/c1-15-5-10-19(11-16(15)2)24-14-20(23)21-12-17-6-8-18(9-7-17)13-22(3)4/h5-11H,12-14H2,1-4H3,(H,21,23). The molecule has 128 valence electrons. The molecule has 0 fully saturated rings. The molecule has 2 rings (SSSR count). The topological polar surface area (TPSA) is 41.6 Å². The summed E-state index contributed by atoms with van der Waals surface area (Å²) in [4.78, 5) is 14.0. The SMILES string of the molecule is Cc1ccc(OCC(=O)NCc2ccc(CN(C)C)cc2)cc1C. The van der Waals surface area contributed by atoms with Crippen LogP contribution in [-0.2, 0) is 17.9 Å². The number of hydrogen-bond acceptors (Lipinski definition) is 3. The van der Waals surface area contributed by atoms with Crippen molar-refractivity contribution in [3.63, 3.8) is 0 Å². The van der Waals surface area contributed by atoms with E-state index in [0.717, 1.165) is 23.4 Å². The summed E-state index contributed by atoms with van der Waals surface area (Å²) < 4.78 is 5.54. The van der Waals surface area contributed by atoms with Crippen LogP contribution in [-0.4, -0.2) is 31.5 Å². The minimum atomic E-state index is -0.120. The average molecular weight is 326 g/mol. The van der Waals surface area contributed by atoms with E-state index in [-0.39, 0.29) is 12.5 Å². The Balaban J connectivity index is 1.77. The number of ether oxygens (including phenoxy) is 1. The number of amides is 1. The van der Waals surface area contributed by atoms with Crippen LogP contribution in [0.3, 0.4) is 0 Å². The molecule has 2 aromatic carbocycles. The first kappa shape index (κ1) is 18.0. The molecule has 0 saturated heterocycles. The van der Waals surface area contributed by atoms with E-state index < -0.39 is 0 Å². The molecule has 2 aromatic rings. The molecule has 0 radical (unpaired) electrons. The summed E-state index contributed by atoms with van der Waals surface area (Å²) in [6.07, 6.45) is 0. The molecule has 0 saturated carbocycles. The van der Waals surface area contributed by atoms with Crippen LogP contribution >= 0.6 is 0 Å². The van der Waals surface area contributed by atoms with Gasteiger partial charge in [-0.1, -0.05) is 30.3 Å². The van der Waals surface area contributed by atoms with Crippen LogP contribution < -0.4 is 10.1 Å². The van der Waals surface area contributed by atoms with Gasteiger partial charge in [0.1, 0.15) is 5.75 Å². The molecular formula is C20H26N2O2. The van der Waals surface area contributed by atoms with Crippen molar-refractivity contribution in [3.8, 4) is 5.75 Å². The maximum absolute atomic E-state index is 11.9. The second-order valence-corrected chi connectivity index (χ2v) is 6.37. The Bertz CT molecular complexity index is 679. The largest absolute Gasteiger partial charge is 0.484 e. The van der Waals surface area contributed by atoms with Crippen molar-refractivity contribution in [2.75, 3.05) is 20.7 Å². The van der Waals surface area contributed by atoms with Crippen LogP contribution in [0.4, 0.5) is 0 Å². The second-order valence-electron chi connectivity index (χ2n) is 6.37. The summed E-state index contributed by atoms with van der Waals surface area (Å²) in [7, 11) is 4.09. The maximum Gasteiger partial charge on any atom is 0.258 e. The van der Waals surface area contributed by atoms with Gasteiger partial charge in [0.15, 0.2) is 6.61 Å². The number of aryl methyl sites for hydroxylation is 2. The Morgan fingerprint density at radius 2 is 1.67 bits per heavy atom. The molecule has 0 aliphatic heterocycles. The summed E-state index contributed by atoms with van der Waals surface area (Å²) in [5, 5.41) is 2.88. The van der Waals surface area contributed by atoms with Gasteiger partial charge in [-0.15, -0.1) is 0 Å². The molecular weight excluding hydrogens is 300 g/mol. The molecule has 0 aromatic heterocycles. The Morgan fingerprint density at radius 3 is 2.29 bits per heavy atom. The fraction of sp³-hybridized carbons (Fsp3) is 0.350. The molecule has 0 heterocycles. The Hall–Kier alpha value is -2.33. The molecule has 4 nitrogen and oxygen atoms in total. The van der Waals surface area contributed by atoms with Crippen molar-refractivity contribution in [2.45, 2.75) is 26.9 Å². The molecule has 24 heavy (non-hydrogen) atoms. The number of hydrogen-bond donors (Lipinski definition) is 1. The van der Waals surface area contributed by atoms with Crippen molar-refractivity contribution in [1.29, 1.82) is 0 Å². The third kappa shape index (κ3) is 5.70. The Kier molecular flexibility index (Phi) is 6.38. The van der Waals surface area contributed by atoms with Gasteiger partial charge >= 0.3 is 0 Å². The normalized spacial score (nSPS) is 10.7. The van der Waals surface area contributed by atoms with Crippen molar-refractivity contribution in [2.24, 2.45) is 0 Å². The fourth-order valence-electron chi connectivity index (χ4n) is 2.33. The van der Waals surface area contributed by atoms with Crippen LogP contribution in [0.1, 0.15) is 22.3 Å². The minimum absolute atomic E-state index is 0.0290. The monoisotopic (exact) mass is 326 g/mol. The number of carbonyl (C=O) groups is 1. The van der Waals surface area contributed by atoms with Gasteiger partial charge in [-0.2, -0.15) is 0 Å². The summed E-state index contributed by atoms with van der Waals surface area (Å²) in [6, 6.07) is 14.1. The van der Waals surface area contributed by atoms with Gasteiger partial charge in [0.2, 0.25) is 0 Å². The highest BCUT2D eigenvalue weighted by atomic mass is 16.5. The van der Waals surface area contributed by atoms with Crippen LogP contribution in [0.15, 0.2) is 42.5 Å². The summed E-state index contributed by atoms with van der Waals surface area (Å²) >= 11 is 0. The molecule has 0 atom stereocenters. The van der Waals surface area contributed by atoms with Crippen molar-refractivity contribution < 1.29 is 9.53 Å². The molecule has 4 heteroatoms. The molecule has 1 amide bonds. The lowest BCUT2D eigenvalue weighted by molar-refractivity contribution is -0.123.